The van der Waals surface area contributed by atoms with Crippen molar-refractivity contribution >= 4 is 55.9 Å². The fourth-order valence-electron chi connectivity index (χ4n) is 15.3. The Morgan fingerprint density at radius 3 is 0.917 bits per heavy atom. The summed E-state index contributed by atoms with van der Waals surface area (Å²) in [6.45, 7) is 25.3. The summed E-state index contributed by atoms with van der Waals surface area (Å²) in [6, 6.07) is -3.67. The number of rotatable bonds is 83. The van der Waals surface area contributed by atoms with Crippen molar-refractivity contribution in [3.63, 3.8) is 0 Å². The van der Waals surface area contributed by atoms with Crippen molar-refractivity contribution in [1.82, 2.24) is 16.0 Å². The van der Waals surface area contributed by atoms with Crippen LogP contribution in [-0.4, -0.2) is 166 Å². The molecule has 1 saturated heterocycles. The number of aliphatic hydroxyl groups is 2. The summed E-state index contributed by atoms with van der Waals surface area (Å²) in [5, 5.41) is 31.3. The molecule has 1 heterocycles. The van der Waals surface area contributed by atoms with Gasteiger partial charge in [0, 0.05) is 25.7 Å². The van der Waals surface area contributed by atoms with Crippen molar-refractivity contribution in [1.29, 1.82) is 0 Å². The van der Waals surface area contributed by atoms with Gasteiger partial charge < -0.3 is 68.5 Å². The van der Waals surface area contributed by atoms with Crippen LogP contribution in [0.5, 0.6) is 0 Å². The monoisotopic (exact) mass is 1740 g/mol. The molecule has 0 aromatic heterocycles. The highest BCUT2D eigenvalue weighted by atomic mass is 28.4. The molecule has 0 spiro atoms. The summed E-state index contributed by atoms with van der Waals surface area (Å²) in [6.07, 6.45) is 40.7. The Morgan fingerprint density at radius 2 is 0.620 bits per heavy atom. The molecule has 0 aromatic carbocycles. The van der Waals surface area contributed by atoms with E-state index in [2.05, 4.69) is 105 Å². The third-order valence-electron chi connectivity index (χ3n) is 24.1. The molecule has 0 saturated carbocycles. The van der Waals surface area contributed by atoms with E-state index < -0.39 is 138 Å². The van der Waals surface area contributed by atoms with Crippen molar-refractivity contribution in [3.05, 3.63) is 0 Å². The van der Waals surface area contributed by atoms with Gasteiger partial charge in [0.25, 0.3) is 0 Å². The molecule has 22 nitrogen and oxygen atoms in total. The lowest BCUT2D eigenvalue weighted by Gasteiger charge is -2.47. The lowest BCUT2D eigenvalue weighted by atomic mass is 9.95. The Balaban J connectivity index is 4.41. The maximum absolute atomic E-state index is 15.5. The highest BCUT2D eigenvalue weighted by molar-refractivity contribution is 6.74. The van der Waals surface area contributed by atoms with Gasteiger partial charge in [0.15, 0.2) is 20.7 Å². The summed E-state index contributed by atoms with van der Waals surface area (Å²) in [5.74, 6) is -3.98. The summed E-state index contributed by atoms with van der Waals surface area (Å²) in [7, 11) is -2.72. The van der Waals surface area contributed by atoms with Crippen molar-refractivity contribution in [2.24, 2.45) is 0 Å². The number of hydrogen-bond acceptors (Lipinski definition) is 19. The van der Waals surface area contributed by atoms with Gasteiger partial charge in [-0.2, -0.15) is 0 Å². The van der Waals surface area contributed by atoms with Gasteiger partial charge in [-0.15, -0.1) is 0 Å². The summed E-state index contributed by atoms with van der Waals surface area (Å²) >= 11 is 0. The van der Waals surface area contributed by atoms with E-state index in [4.69, 9.17) is 42.3 Å². The van der Waals surface area contributed by atoms with Gasteiger partial charge in [0.2, 0.25) is 17.7 Å². The second-order valence-corrected chi connectivity index (χ2v) is 41.6. The number of ether oxygens (including phenoxy) is 8. The number of aliphatic hydroxyl groups excluding tert-OH is 2. The molecule has 1 rings (SSSR count). The first kappa shape index (κ1) is 115. The molecule has 23 heteroatoms. The Labute approximate surface area is 738 Å². The zero-order chi connectivity index (χ0) is 89.4. The van der Waals surface area contributed by atoms with Crippen LogP contribution in [0.15, 0.2) is 0 Å². The fourth-order valence-corrected chi connectivity index (χ4v) is 16.3. The number of nitrogens with one attached hydrogen (secondary N) is 3. The Kier molecular flexibility index (Phi) is 71.9. The fraction of sp³-hybridized carbons (Fsp3) is 0.918. The summed E-state index contributed by atoms with van der Waals surface area (Å²) < 4.78 is 59.4. The van der Waals surface area contributed by atoms with Crippen molar-refractivity contribution in [2.75, 3.05) is 33.0 Å². The van der Waals surface area contributed by atoms with Gasteiger partial charge in [-0.25, -0.2) is 0 Å². The minimum atomic E-state index is -2.72. The SMILES string of the molecule is CCCCCCCCCCC[C@H](CC(=O)N[C@@H](CO)CO[C@H]1O[C@H](CO[Si](C)(C)C(C)(C)C)[C@@H](OC[C@H](CO)NC(=O)C[C@@H](CCCCCCCCCCC)OC(=O)CCCCC)[C@H](OC(=O)C[C@@H](CCCCCCCCCCC)OC(=O)CCCCC)[C@@H]1NC(=O)C[C@@H](CCCCCCCCCCC)OC(=O)CCCCC)OC(=O)CCCCC. The van der Waals surface area contributed by atoms with E-state index in [1.165, 1.54) is 89.9 Å². The van der Waals surface area contributed by atoms with Crippen LogP contribution in [0.3, 0.4) is 0 Å². The number of amides is 3. The van der Waals surface area contributed by atoms with E-state index in [1.807, 2.05) is 0 Å². The van der Waals surface area contributed by atoms with Gasteiger partial charge in [0.1, 0.15) is 42.7 Å². The standard InChI is InChI=1S/C98H185N3O19Si/c1-14-22-30-34-38-42-46-50-58-62-81(115-89(107)66-54-26-18-5)70-86(104)99-79(74-102)76-112-95-85(78-114-121(12,13)98(9,10)11)119-97(113-77-80(75-103)100-87(105)71-82(116-90(108)67-55-27-19-6)63-59-51-47-43-39-35-31-23-15-2)94(101-88(106)72-83(117-91(109)68-56-28-20-7)64-60-52-48-44-40-36-32-24-16-3)96(95)120-93(111)73-84(118-92(110)69-57-29-21-8)65-61-53-49-45-41-37-33-25-17-4/h79-85,94-97,102-103H,14-78H2,1-13H3,(H,99,104)(H,100,105)(H,101,106)/t79-,80-,81+,82+,83+,84+,85+,94-,95+,96+,97-/m0/s1. The van der Waals surface area contributed by atoms with E-state index in [1.54, 1.807) is 0 Å². The molecule has 0 aliphatic carbocycles. The second-order valence-electron chi connectivity index (χ2n) is 36.7. The van der Waals surface area contributed by atoms with Crippen LogP contribution < -0.4 is 16.0 Å². The van der Waals surface area contributed by atoms with Crippen LogP contribution in [0.25, 0.3) is 0 Å². The van der Waals surface area contributed by atoms with Crippen LogP contribution in [0, 0.1) is 0 Å². The van der Waals surface area contributed by atoms with Gasteiger partial charge in [-0.05, 0) is 95.2 Å². The molecule has 1 fully saturated rings. The Bertz CT molecular complexity index is 2580. The zero-order valence-corrected chi connectivity index (χ0v) is 80.6. The van der Waals surface area contributed by atoms with Crippen molar-refractivity contribution in [2.45, 2.75) is 547 Å². The minimum absolute atomic E-state index is 0.165. The predicted octanol–water partition coefficient (Wildman–Crippen LogP) is 22.7. The van der Waals surface area contributed by atoms with Crippen LogP contribution in [0.4, 0.5) is 0 Å². The summed E-state index contributed by atoms with van der Waals surface area (Å²) in [4.78, 5) is 114. The molecule has 3 amide bonds. The third-order valence-corrected chi connectivity index (χ3v) is 28.6. The van der Waals surface area contributed by atoms with Crippen molar-refractivity contribution < 1.29 is 90.9 Å². The lowest BCUT2D eigenvalue weighted by Crippen LogP contribution is -2.67. The predicted molar refractivity (Wildman–Crippen MR) is 489 cm³/mol. The van der Waals surface area contributed by atoms with Crippen LogP contribution in [0.2, 0.25) is 18.1 Å². The smallest absolute Gasteiger partial charge is 0.310 e. The second kappa shape index (κ2) is 75.8. The number of carbonyl (C=O) groups is 8. The van der Waals surface area contributed by atoms with E-state index in [9.17, 15) is 39.0 Å². The normalized spacial score (nSPS) is 17.1. The molecule has 1 aliphatic heterocycles. The quantitative estimate of drug-likeness (QED) is 0.0164. The molecule has 1 aliphatic rings. The number of unbranched alkanes of at least 4 members (excludes halogenated alkanes) is 40. The van der Waals surface area contributed by atoms with Crippen LogP contribution >= 0.6 is 0 Å². The minimum Gasteiger partial charge on any atom is -0.462 e. The average molecular weight is 1740 g/mol. The molecule has 0 unspecified atom stereocenters. The molecule has 710 valence electrons. The largest absolute Gasteiger partial charge is 0.462 e. The molecule has 0 bridgehead atoms. The van der Waals surface area contributed by atoms with Crippen molar-refractivity contribution in [3.8, 4) is 0 Å². The highest BCUT2D eigenvalue weighted by Crippen LogP contribution is 2.38. The molecular weight excluding hydrogens is 1550 g/mol. The van der Waals surface area contributed by atoms with E-state index in [0.29, 0.717) is 64.2 Å². The molecule has 121 heavy (non-hydrogen) atoms. The van der Waals surface area contributed by atoms with E-state index >= 15 is 9.59 Å². The number of hydrogen-bond donors (Lipinski definition) is 5. The van der Waals surface area contributed by atoms with Gasteiger partial charge in [0.05, 0.1) is 70.8 Å². The first-order valence-electron chi connectivity index (χ1n) is 50.0. The van der Waals surface area contributed by atoms with Gasteiger partial charge >= 0.3 is 29.8 Å². The highest BCUT2D eigenvalue weighted by Gasteiger charge is 2.52. The third kappa shape index (κ3) is 60.9. The Hall–Kier alpha value is -4.26. The topological polar surface area (TPSA) is 296 Å². The summed E-state index contributed by atoms with van der Waals surface area (Å²) in [5.41, 5.74) is 0. The maximum atomic E-state index is 15.5. The lowest BCUT2D eigenvalue weighted by molar-refractivity contribution is -0.282. The van der Waals surface area contributed by atoms with E-state index in [-0.39, 0.29) is 75.0 Å². The molecular formula is C98H185N3O19Si. The maximum Gasteiger partial charge on any atom is 0.310 e. The Morgan fingerprint density at radius 1 is 0.347 bits per heavy atom. The van der Waals surface area contributed by atoms with E-state index in [0.717, 1.165) is 180 Å². The average Bonchev–Trinajstić information content (AvgIpc) is 0.778. The first-order valence-corrected chi connectivity index (χ1v) is 52.9. The molecule has 11 atom stereocenters. The van der Waals surface area contributed by atoms with Crippen LogP contribution in [-0.2, 0) is 80.7 Å². The zero-order valence-electron chi connectivity index (χ0n) is 79.6. The van der Waals surface area contributed by atoms with Gasteiger partial charge in [-0.3, -0.25) is 38.4 Å². The molecule has 0 radical (unpaired) electrons. The van der Waals surface area contributed by atoms with Crippen LogP contribution in [0.1, 0.15) is 461 Å². The number of carbonyl (C=O) groups excluding carboxylic acids is 8. The molecule has 5 N–H and O–H groups in total. The number of esters is 5. The van der Waals surface area contributed by atoms with Gasteiger partial charge in [-0.1, -0.05) is 333 Å². The molecule has 0 aromatic rings. The first-order chi connectivity index (χ1) is 58.4.